The van der Waals surface area contributed by atoms with Crippen LogP contribution in [0, 0.1) is 6.92 Å². The van der Waals surface area contributed by atoms with Gasteiger partial charge in [-0.2, -0.15) is 0 Å². The van der Waals surface area contributed by atoms with Gasteiger partial charge in [-0.05, 0) is 36.8 Å². The number of aryl methyl sites for hydroxylation is 1. The van der Waals surface area contributed by atoms with Gasteiger partial charge in [0.15, 0.2) is 11.5 Å². The first-order chi connectivity index (χ1) is 12.1. The van der Waals surface area contributed by atoms with Gasteiger partial charge in [0.05, 0.1) is 11.5 Å². The maximum absolute atomic E-state index is 12.0. The molecule has 1 aliphatic heterocycles. The summed E-state index contributed by atoms with van der Waals surface area (Å²) in [5, 5.41) is 5.59. The van der Waals surface area contributed by atoms with Crippen LogP contribution >= 0.6 is 11.8 Å². The lowest BCUT2D eigenvalue weighted by Crippen LogP contribution is -2.18. The Bertz CT molecular complexity index is 794. The summed E-state index contributed by atoms with van der Waals surface area (Å²) in [6.07, 6.45) is 0. The van der Waals surface area contributed by atoms with Crippen LogP contribution in [-0.4, -0.2) is 30.1 Å². The van der Waals surface area contributed by atoms with Crippen LogP contribution in [0.25, 0.3) is 0 Å². The standard InChI is InChI=1S/C18H18N2O4S/c1-12-3-2-4-13(7-12)19-17(21)9-25-10-18(22)20-14-5-6-15-16(8-14)24-11-23-15/h2-8H,9-11H2,1H3,(H,19,21)(H,20,22). The summed E-state index contributed by atoms with van der Waals surface area (Å²) in [7, 11) is 0. The van der Waals surface area contributed by atoms with Gasteiger partial charge in [0.1, 0.15) is 0 Å². The van der Waals surface area contributed by atoms with Crippen LogP contribution in [0.5, 0.6) is 11.5 Å². The van der Waals surface area contributed by atoms with Crippen molar-refractivity contribution in [3.8, 4) is 11.5 Å². The second kappa shape index (κ2) is 7.94. The number of hydrogen-bond acceptors (Lipinski definition) is 5. The molecule has 0 saturated carbocycles. The van der Waals surface area contributed by atoms with Crippen molar-refractivity contribution in [1.29, 1.82) is 0 Å². The van der Waals surface area contributed by atoms with Crippen LogP contribution in [0.15, 0.2) is 42.5 Å². The molecule has 2 aromatic carbocycles. The van der Waals surface area contributed by atoms with Crippen LogP contribution in [-0.2, 0) is 9.59 Å². The molecule has 0 radical (unpaired) electrons. The average molecular weight is 358 g/mol. The third kappa shape index (κ3) is 4.90. The molecule has 2 amide bonds. The van der Waals surface area contributed by atoms with E-state index in [1.807, 2.05) is 31.2 Å². The fourth-order valence-corrected chi connectivity index (χ4v) is 2.94. The van der Waals surface area contributed by atoms with E-state index in [1.165, 1.54) is 11.8 Å². The maximum Gasteiger partial charge on any atom is 0.234 e. The normalized spacial score (nSPS) is 11.9. The molecule has 3 rings (SSSR count). The molecule has 0 atom stereocenters. The van der Waals surface area contributed by atoms with Crippen molar-refractivity contribution in [3.05, 3.63) is 48.0 Å². The van der Waals surface area contributed by atoms with E-state index in [9.17, 15) is 9.59 Å². The number of nitrogens with one attached hydrogen (secondary N) is 2. The zero-order valence-corrected chi connectivity index (χ0v) is 14.5. The summed E-state index contributed by atoms with van der Waals surface area (Å²) in [5.74, 6) is 1.37. The third-order valence-corrected chi connectivity index (χ3v) is 4.36. The third-order valence-electron chi connectivity index (χ3n) is 3.42. The molecular formula is C18H18N2O4S. The lowest BCUT2D eigenvalue weighted by atomic mass is 10.2. The molecule has 1 aliphatic rings. The van der Waals surface area contributed by atoms with Gasteiger partial charge in [-0.15, -0.1) is 11.8 Å². The Hall–Kier alpha value is -2.67. The molecule has 0 fully saturated rings. The van der Waals surface area contributed by atoms with Crippen molar-refractivity contribution in [2.24, 2.45) is 0 Å². The topological polar surface area (TPSA) is 76.7 Å². The molecule has 25 heavy (non-hydrogen) atoms. The molecule has 0 aromatic heterocycles. The molecule has 0 saturated heterocycles. The summed E-state index contributed by atoms with van der Waals surface area (Å²) in [5.41, 5.74) is 2.48. The lowest BCUT2D eigenvalue weighted by Gasteiger charge is -2.07. The second-order valence-corrected chi connectivity index (χ2v) is 6.51. The lowest BCUT2D eigenvalue weighted by molar-refractivity contribution is -0.114. The van der Waals surface area contributed by atoms with Gasteiger partial charge >= 0.3 is 0 Å². The van der Waals surface area contributed by atoms with E-state index in [1.54, 1.807) is 18.2 Å². The van der Waals surface area contributed by atoms with E-state index < -0.39 is 0 Å². The molecule has 0 aliphatic carbocycles. The number of thioether (sulfide) groups is 1. The van der Waals surface area contributed by atoms with Crippen molar-refractivity contribution in [1.82, 2.24) is 0 Å². The number of carbonyl (C=O) groups is 2. The first-order valence-electron chi connectivity index (χ1n) is 7.74. The molecule has 6 nitrogen and oxygen atoms in total. The minimum Gasteiger partial charge on any atom is -0.454 e. The Morgan fingerprint density at radius 3 is 2.36 bits per heavy atom. The Morgan fingerprint density at radius 2 is 1.64 bits per heavy atom. The smallest absolute Gasteiger partial charge is 0.234 e. The van der Waals surface area contributed by atoms with Gasteiger partial charge < -0.3 is 20.1 Å². The van der Waals surface area contributed by atoms with Crippen LogP contribution < -0.4 is 20.1 Å². The minimum absolute atomic E-state index is 0.133. The molecule has 0 spiro atoms. The number of carbonyl (C=O) groups excluding carboxylic acids is 2. The van der Waals surface area contributed by atoms with E-state index in [4.69, 9.17) is 9.47 Å². The Labute approximate surface area is 149 Å². The quantitative estimate of drug-likeness (QED) is 0.830. The highest BCUT2D eigenvalue weighted by atomic mass is 32.2. The molecule has 1 heterocycles. The molecule has 2 aromatic rings. The Kier molecular flexibility index (Phi) is 5.45. The highest BCUT2D eigenvalue weighted by Crippen LogP contribution is 2.34. The molecule has 130 valence electrons. The SMILES string of the molecule is Cc1cccc(NC(=O)CSCC(=O)Nc2ccc3c(c2)OCO3)c1. The second-order valence-electron chi connectivity index (χ2n) is 5.53. The first kappa shape index (κ1) is 17.2. The number of fused-ring (bicyclic) bond motifs is 1. The number of anilines is 2. The summed E-state index contributed by atoms with van der Waals surface area (Å²) in [4.78, 5) is 23.9. The van der Waals surface area contributed by atoms with E-state index in [0.29, 0.717) is 17.2 Å². The van der Waals surface area contributed by atoms with Crippen molar-refractivity contribution in [2.75, 3.05) is 28.9 Å². The van der Waals surface area contributed by atoms with Gasteiger partial charge in [-0.3, -0.25) is 9.59 Å². The monoisotopic (exact) mass is 358 g/mol. The highest BCUT2D eigenvalue weighted by Gasteiger charge is 2.14. The van der Waals surface area contributed by atoms with Crippen molar-refractivity contribution >= 4 is 35.0 Å². The van der Waals surface area contributed by atoms with Crippen molar-refractivity contribution in [2.45, 2.75) is 6.92 Å². The highest BCUT2D eigenvalue weighted by molar-refractivity contribution is 8.00. The van der Waals surface area contributed by atoms with Crippen molar-refractivity contribution < 1.29 is 19.1 Å². The Balaban J connectivity index is 1.41. The fraction of sp³-hybridized carbons (Fsp3) is 0.222. The summed E-state index contributed by atoms with van der Waals surface area (Å²) >= 11 is 1.26. The van der Waals surface area contributed by atoms with Gasteiger partial charge in [0.25, 0.3) is 0 Å². The first-order valence-corrected chi connectivity index (χ1v) is 8.89. The number of benzene rings is 2. The Morgan fingerprint density at radius 1 is 0.960 bits per heavy atom. The van der Waals surface area contributed by atoms with Gasteiger partial charge in [-0.25, -0.2) is 0 Å². The van der Waals surface area contributed by atoms with Crippen LogP contribution in [0.4, 0.5) is 11.4 Å². The summed E-state index contributed by atoms with van der Waals surface area (Å²) in [6.45, 7) is 2.16. The van der Waals surface area contributed by atoms with Gasteiger partial charge in [0, 0.05) is 17.4 Å². The van der Waals surface area contributed by atoms with Crippen LogP contribution in [0.1, 0.15) is 5.56 Å². The summed E-state index contributed by atoms with van der Waals surface area (Å²) in [6, 6.07) is 12.8. The van der Waals surface area contributed by atoms with Crippen molar-refractivity contribution in [3.63, 3.8) is 0 Å². The van der Waals surface area contributed by atoms with E-state index in [-0.39, 0.29) is 30.1 Å². The number of ether oxygens (including phenoxy) is 2. The molecule has 7 heteroatoms. The van der Waals surface area contributed by atoms with Crippen LogP contribution in [0.2, 0.25) is 0 Å². The molecule has 0 bridgehead atoms. The van der Waals surface area contributed by atoms with Gasteiger partial charge in [-0.1, -0.05) is 12.1 Å². The zero-order valence-electron chi connectivity index (χ0n) is 13.7. The van der Waals surface area contributed by atoms with E-state index in [0.717, 1.165) is 11.3 Å². The number of hydrogen-bond donors (Lipinski definition) is 2. The molecular weight excluding hydrogens is 340 g/mol. The van der Waals surface area contributed by atoms with Gasteiger partial charge in [0.2, 0.25) is 18.6 Å². The van der Waals surface area contributed by atoms with Crippen LogP contribution in [0.3, 0.4) is 0 Å². The van der Waals surface area contributed by atoms with E-state index in [2.05, 4.69) is 10.6 Å². The molecule has 2 N–H and O–H groups in total. The largest absolute Gasteiger partial charge is 0.454 e. The maximum atomic E-state index is 12.0. The summed E-state index contributed by atoms with van der Waals surface area (Å²) < 4.78 is 10.5. The minimum atomic E-state index is -0.174. The zero-order chi connectivity index (χ0) is 17.6. The number of rotatable bonds is 6. The average Bonchev–Trinajstić information content (AvgIpc) is 3.02. The van der Waals surface area contributed by atoms with E-state index >= 15 is 0 Å². The molecule has 0 unspecified atom stereocenters. The number of amides is 2. The fourth-order valence-electron chi connectivity index (χ4n) is 2.33. The predicted octanol–water partition coefficient (Wildman–Crippen LogP) is 3.03. The predicted molar refractivity (Wildman–Crippen MR) is 98.3 cm³/mol.